The van der Waals surface area contributed by atoms with Crippen LogP contribution in [0.25, 0.3) is 0 Å². The van der Waals surface area contributed by atoms with E-state index in [-0.39, 0.29) is 6.10 Å². The molecule has 0 fully saturated rings. The first-order valence-electron chi connectivity index (χ1n) is 3.77. The molecule has 0 bridgehead atoms. The lowest BCUT2D eigenvalue weighted by Crippen LogP contribution is -2.14. The van der Waals surface area contributed by atoms with Gasteiger partial charge in [0.2, 0.25) is 0 Å². The van der Waals surface area contributed by atoms with Crippen molar-refractivity contribution in [2.24, 2.45) is 5.92 Å². The van der Waals surface area contributed by atoms with Gasteiger partial charge in [0.05, 0.1) is 6.10 Å². The van der Waals surface area contributed by atoms with Gasteiger partial charge in [-0.15, -0.1) is 0 Å². The highest BCUT2D eigenvalue weighted by Crippen LogP contribution is 2.14. The van der Waals surface area contributed by atoms with E-state index in [2.05, 4.69) is 4.37 Å². The van der Waals surface area contributed by atoms with Gasteiger partial charge in [0.1, 0.15) is 0 Å². The van der Waals surface area contributed by atoms with E-state index in [1.807, 2.05) is 19.9 Å². The molecule has 3 heteroatoms. The van der Waals surface area contributed by atoms with Gasteiger partial charge in [0, 0.05) is 11.1 Å². The molecule has 1 N–H and O–H groups in total. The lowest BCUT2D eigenvalue weighted by molar-refractivity contribution is 0.135. The summed E-state index contributed by atoms with van der Waals surface area (Å²) in [7, 11) is 0. The zero-order valence-electron chi connectivity index (χ0n) is 6.82. The molecular formula is C8H13NOS. The largest absolute Gasteiger partial charge is 0.393 e. The summed E-state index contributed by atoms with van der Waals surface area (Å²) >= 11 is 1.51. The molecular weight excluding hydrogens is 158 g/mol. The van der Waals surface area contributed by atoms with Crippen molar-refractivity contribution in [3.63, 3.8) is 0 Å². The predicted octanol–water partition coefficient (Wildman–Crippen LogP) is 1.70. The van der Waals surface area contributed by atoms with Gasteiger partial charge in [-0.3, -0.25) is 0 Å². The third-order valence-electron chi connectivity index (χ3n) is 1.84. The highest BCUT2D eigenvalue weighted by atomic mass is 32.1. The number of aromatic nitrogens is 1. The van der Waals surface area contributed by atoms with E-state index in [0.717, 1.165) is 6.42 Å². The molecule has 2 atom stereocenters. The minimum absolute atomic E-state index is 0.225. The molecule has 0 amide bonds. The van der Waals surface area contributed by atoms with Gasteiger partial charge < -0.3 is 5.11 Å². The number of aliphatic hydroxyl groups is 1. The number of hydrogen-bond donors (Lipinski definition) is 1. The van der Waals surface area contributed by atoms with Crippen LogP contribution in [-0.2, 0) is 6.42 Å². The van der Waals surface area contributed by atoms with E-state index in [9.17, 15) is 5.11 Å². The van der Waals surface area contributed by atoms with Crippen LogP contribution in [0.2, 0.25) is 0 Å². The van der Waals surface area contributed by atoms with Crippen LogP contribution in [-0.4, -0.2) is 15.6 Å². The van der Waals surface area contributed by atoms with Crippen molar-refractivity contribution in [3.05, 3.63) is 17.1 Å². The quantitative estimate of drug-likeness (QED) is 0.751. The fourth-order valence-electron chi connectivity index (χ4n) is 0.835. The van der Waals surface area contributed by atoms with E-state index in [0.29, 0.717) is 5.92 Å². The van der Waals surface area contributed by atoms with Crippen molar-refractivity contribution >= 4 is 11.5 Å². The second-order valence-corrected chi connectivity index (χ2v) is 3.82. The fraction of sp³-hybridized carbons (Fsp3) is 0.625. The van der Waals surface area contributed by atoms with Gasteiger partial charge in [-0.2, -0.15) is 0 Å². The average Bonchev–Trinajstić information content (AvgIpc) is 2.39. The molecule has 2 unspecified atom stereocenters. The summed E-state index contributed by atoms with van der Waals surface area (Å²) in [4.78, 5) is 1.25. The van der Waals surface area contributed by atoms with Crippen LogP contribution in [0, 0.1) is 5.92 Å². The van der Waals surface area contributed by atoms with Crippen LogP contribution in [0.5, 0.6) is 0 Å². The smallest absolute Gasteiger partial charge is 0.0541 e. The maximum absolute atomic E-state index is 9.20. The Bertz CT molecular complexity index is 196. The summed E-state index contributed by atoms with van der Waals surface area (Å²) in [5.41, 5.74) is 0. The highest BCUT2D eigenvalue weighted by Gasteiger charge is 2.09. The van der Waals surface area contributed by atoms with E-state index in [1.54, 1.807) is 6.20 Å². The molecule has 0 spiro atoms. The highest BCUT2D eigenvalue weighted by molar-refractivity contribution is 7.05. The van der Waals surface area contributed by atoms with Gasteiger partial charge in [-0.25, -0.2) is 4.37 Å². The molecule has 0 saturated carbocycles. The molecule has 0 saturated heterocycles. The molecule has 1 heterocycles. The van der Waals surface area contributed by atoms with Gasteiger partial charge in [0.25, 0.3) is 0 Å². The van der Waals surface area contributed by atoms with Crippen molar-refractivity contribution in [1.29, 1.82) is 0 Å². The monoisotopic (exact) mass is 171 g/mol. The Hall–Kier alpha value is -0.410. The molecule has 62 valence electrons. The van der Waals surface area contributed by atoms with E-state index in [1.165, 1.54) is 16.4 Å². The lowest BCUT2D eigenvalue weighted by Gasteiger charge is -2.12. The Morgan fingerprint density at radius 1 is 1.64 bits per heavy atom. The Labute approximate surface area is 71.1 Å². The number of hydrogen-bond acceptors (Lipinski definition) is 3. The SMILES string of the molecule is CC(O)C(C)Cc1ccns1. The van der Waals surface area contributed by atoms with Crippen molar-refractivity contribution in [2.75, 3.05) is 0 Å². The molecule has 1 rings (SSSR count). The number of rotatable bonds is 3. The van der Waals surface area contributed by atoms with Crippen LogP contribution < -0.4 is 0 Å². The Morgan fingerprint density at radius 3 is 2.82 bits per heavy atom. The maximum Gasteiger partial charge on any atom is 0.0541 e. The van der Waals surface area contributed by atoms with E-state index in [4.69, 9.17) is 0 Å². The second kappa shape index (κ2) is 3.83. The second-order valence-electron chi connectivity index (χ2n) is 2.90. The Morgan fingerprint density at radius 2 is 2.36 bits per heavy atom. The normalized spacial score (nSPS) is 16.3. The predicted molar refractivity (Wildman–Crippen MR) is 46.7 cm³/mol. The molecule has 0 radical (unpaired) electrons. The average molecular weight is 171 g/mol. The summed E-state index contributed by atoms with van der Waals surface area (Å²) in [5.74, 6) is 0.329. The first-order valence-corrected chi connectivity index (χ1v) is 4.55. The zero-order valence-corrected chi connectivity index (χ0v) is 7.64. The molecule has 2 nitrogen and oxygen atoms in total. The molecule has 1 aromatic rings. The van der Waals surface area contributed by atoms with Gasteiger partial charge in [-0.1, -0.05) is 6.92 Å². The molecule has 11 heavy (non-hydrogen) atoms. The standard InChI is InChI=1S/C8H13NOS/c1-6(7(2)10)5-8-3-4-9-11-8/h3-4,6-7,10H,5H2,1-2H3. The van der Waals surface area contributed by atoms with Crippen LogP contribution >= 0.6 is 11.5 Å². The van der Waals surface area contributed by atoms with Crippen molar-refractivity contribution in [3.8, 4) is 0 Å². The zero-order chi connectivity index (χ0) is 8.27. The number of nitrogens with zero attached hydrogens (tertiary/aromatic N) is 1. The topological polar surface area (TPSA) is 33.1 Å². The van der Waals surface area contributed by atoms with Gasteiger partial charge in [-0.05, 0) is 36.9 Å². The van der Waals surface area contributed by atoms with Gasteiger partial charge in [0.15, 0.2) is 0 Å². The third-order valence-corrected chi connectivity index (χ3v) is 2.60. The van der Waals surface area contributed by atoms with Gasteiger partial charge >= 0.3 is 0 Å². The summed E-state index contributed by atoms with van der Waals surface area (Å²) in [6, 6.07) is 2.00. The molecule has 0 aliphatic rings. The fourth-order valence-corrected chi connectivity index (χ4v) is 1.55. The van der Waals surface area contributed by atoms with Crippen molar-refractivity contribution in [2.45, 2.75) is 26.4 Å². The molecule has 1 aromatic heterocycles. The van der Waals surface area contributed by atoms with Crippen molar-refractivity contribution in [1.82, 2.24) is 4.37 Å². The van der Waals surface area contributed by atoms with Crippen molar-refractivity contribution < 1.29 is 5.11 Å². The van der Waals surface area contributed by atoms with E-state index >= 15 is 0 Å². The molecule has 0 aliphatic carbocycles. The van der Waals surface area contributed by atoms with Crippen LogP contribution in [0.1, 0.15) is 18.7 Å². The summed E-state index contributed by atoms with van der Waals surface area (Å²) in [5, 5.41) is 9.20. The first kappa shape index (κ1) is 8.68. The Kier molecular flexibility index (Phi) is 3.02. The summed E-state index contributed by atoms with van der Waals surface area (Å²) < 4.78 is 3.99. The summed E-state index contributed by atoms with van der Waals surface area (Å²) in [6.45, 7) is 3.87. The lowest BCUT2D eigenvalue weighted by atomic mass is 10.0. The van der Waals surface area contributed by atoms with Crippen LogP contribution in [0.15, 0.2) is 12.3 Å². The minimum atomic E-state index is -0.225. The maximum atomic E-state index is 9.20. The summed E-state index contributed by atoms with van der Waals surface area (Å²) in [6.07, 6.45) is 2.51. The van der Waals surface area contributed by atoms with E-state index < -0.39 is 0 Å². The van der Waals surface area contributed by atoms with Crippen LogP contribution in [0.4, 0.5) is 0 Å². The molecule has 0 aromatic carbocycles. The number of aliphatic hydroxyl groups excluding tert-OH is 1. The minimum Gasteiger partial charge on any atom is -0.393 e. The third kappa shape index (κ3) is 2.60. The Balaban J connectivity index is 2.43. The first-order chi connectivity index (χ1) is 5.20. The van der Waals surface area contributed by atoms with Crippen LogP contribution in [0.3, 0.4) is 0 Å². The molecule has 0 aliphatic heterocycles.